The molecule has 0 heterocycles. The summed E-state index contributed by atoms with van der Waals surface area (Å²) in [5.41, 5.74) is 5.64. The van der Waals surface area contributed by atoms with Crippen LogP contribution in [0.2, 0.25) is 0 Å². The molecule has 0 aliphatic rings. The number of nitrogens with two attached hydrogens (primary N) is 1. The Labute approximate surface area is 137 Å². The van der Waals surface area contributed by atoms with Crippen LogP contribution < -0.4 is 10.0 Å². The molecule has 2 rings (SSSR count). The van der Waals surface area contributed by atoms with Crippen molar-refractivity contribution in [3.05, 3.63) is 58.2 Å². The molecule has 2 aromatic rings. The van der Waals surface area contributed by atoms with Gasteiger partial charge in [-0.15, -0.1) is 0 Å². The first-order chi connectivity index (χ1) is 9.93. The van der Waals surface area contributed by atoms with Crippen LogP contribution in [0.4, 0.5) is 5.69 Å². The molecule has 2 N–H and O–H groups in total. The number of carbonyl (C=O) groups excluding carboxylic acids is 1. The number of halogens is 1. The molecule has 0 bridgehead atoms. The lowest BCUT2D eigenvalue weighted by Gasteiger charge is -2.24. The van der Waals surface area contributed by atoms with E-state index in [0.29, 0.717) is 5.69 Å². The number of hydrogen-bond donors (Lipinski definition) is 1. The number of sulfonamides is 1. The van der Waals surface area contributed by atoms with Gasteiger partial charge in [0.05, 0.1) is 10.6 Å². The van der Waals surface area contributed by atoms with Gasteiger partial charge in [-0.1, -0.05) is 30.3 Å². The first kappa shape index (κ1) is 15.8. The summed E-state index contributed by atoms with van der Waals surface area (Å²) in [6.45, 7) is -0.406. The molecule has 0 aliphatic carbocycles. The van der Waals surface area contributed by atoms with Gasteiger partial charge in [-0.05, 0) is 46.9 Å². The lowest BCUT2D eigenvalue weighted by atomic mass is 10.3. The molecule has 0 saturated heterocycles. The van der Waals surface area contributed by atoms with E-state index < -0.39 is 22.5 Å². The van der Waals surface area contributed by atoms with Gasteiger partial charge in [-0.25, -0.2) is 8.42 Å². The molecule has 0 saturated carbocycles. The van der Waals surface area contributed by atoms with Crippen molar-refractivity contribution in [2.45, 2.75) is 4.90 Å². The van der Waals surface area contributed by atoms with Crippen LogP contribution in [0.15, 0.2) is 59.5 Å². The summed E-state index contributed by atoms with van der Waals surface area (Å²) in [6, 6.07) is 14.9. The van der Waals surface area contributed by atoms with Gasteiger partial charge in [0.2, 0.25) is 5.91 Å². The van der Waals surface area contributed by atoms with Crippen LogP contribution in [-0.2, 0) is 14.8 Å². The Kier molecular flexibility index (Phi) is 4.84. The van der Waals surface area contributed by atoms with Gasteiger partial charge in [-0.3, -0.25) is 9.10 Å². The molecular weight excluding hydrogens is 403 g/mol. The van der Waals surface area contributed by atoms with E-state index in [1.54, 1.807) is 42.5 Å². The van der Waals surface area contributed by atoms with Crippen LogP contribution in [0, 0.1) is 3.57 Å². The Morgan fingerprint density at radius 2 is 1.62 bits per heavy atom. The second-order valence-corrected chi connectivity index (χ2v) is 7.27. The highest BCUT2D eigenvalue weighted by Crippen LogP contribution is 2.27. The summed E-state index contributed by atoms with van der Waals surface area (Å²) in [7, 11) is -3.84. The Morgan fingerprint density at radius 3 is 2.19 bits per heavy atom. The monoisotopic (exact) mass is 416 g/mol. The van der Waals surface area contributed by atoms with E-state index in [4.69, 9.17) is 5.73 Å². The lowest BCUT2D eigenvalue weighted by molar-refractivity contribution is -0.116. The normalized spacial score (nSPS) is 11.1. The Hall–Kier alpha value is -1.61. The highest BCUT2D eigenvalue weighted by molar-refractivity contribution is 14.1. The molecule has 1 amide bonds. The number of primary amides is 1. The zero-order valence-corrected chi connectivity index (χ0v) is 13.9. The summed E-state index contributed by atoms with van der Waals surface area (Å²) in [4.78, 5) is 11.4. The Bertz CT molecular complexity index is 748. The van der Waals surface area contributed by atoms with Gasteiger partial charge in [0.15, 0.2) is 0 Å². The average Bonchev–Trinajstić information content (AvgIpc) is 2.46. The smallest absolute Gasteiger partial charge is 0.264 e. The first-order valence-electron chi connectivity index (χ1n) is 6.03. The molecule has 7 heteroatoms. The van der Waals surface area contributed by atoms with Crippen molar-refractivity contribution < 1.29 is 13.2 Å². The van der Waals surface area contributed by atoms with E-state index in [9.17, 15) is 13.2 Å². The SMILES string of the molecule is NC(=O)CN(c1ccccc1I)S(=O)(=O)c1ccccc1. The van der Waals surface area contributed by atoms with E-state index in [1.165, 1.54) is 12.1 Å². The maximum Gasteiger partial charge on any atom is 0.264 e. The number of rotatable bonds is 5. The van der Waals surface area contributed by atoms with Crippen LogP contribution in [0.25, 0.3) is 0 Å². The number of anilines is 1. The van der Waals surface area contributed by atoms with Crippen LogP contribution in [-0.4, -0.2) is 20.9 Å². The van der Waals surface area contributed by atoms with Crippen LogP contribution >= 0.6 is 22.6 Å². The zero-order valence-electron chi connectivity index (χ0n) is 10.9. The molecular formula is C14H13IN2O3S. The largest absolute Gasteiger partial charge is 0.368 e. The van der Waals surface area contributed by atoms with Gasteiger partial charge < -0.3 is 5.73 Å². The van der Waals surface area contributed by atoms with Crippen LogP contribution in [0.5, 0.6) is 0 Å². The average molecular weight is 416 g/mol. The van der Waals surface area contributed by atoms with Gasteiger partial charge in [-0.2, -0.15) is 0 Å². The fourth-order valence-corrected chi connectivity index (χ4v) is 4.13. The second-order valence-electron chi connectivity index (χ2n) is 4.24. The second kappa shape index (κ2) is 6.44. The highest BCUT2D eigenvalue weighted by Gasteiger charge is 2.27. The summed E-state index contributed by atoms with van der Waals surface area (Å²) in [5.74, 6) is -0.714. The maximum absolute atomic E-state index is 12.7. The van der Waals surface area contributed by atoms with Crippen molar-refractivity contribution >= 4 is 44.2 Å². The van der Waals surface area contributed by atoms with Crippen LogP contribution in [0.3, 0.4) is 0 Å². The molecule has 0 aliphatic heterocycles. The van der Waals surface area contributed by atoms with Crippen molar-refractivity contribution in [1.29, 1.82) is 0 Å². The lowest BCUT2D eigenvalue weighted by Crippen LogP contribution is -2.39. The molecule has 2 aromatic carbocycles. The van der Waals surface area contributed by atoms with Gasteiger partial charge in [0.25, 0.3) is 10.0 Å². The van der Waals surface area contributed by atoms with Crippen molar-refractivity contribution in [3.8, 4) is 0 Å². The Morgan fingerprint density at radius 1 is 1.05 bits per heavy atom. The van der Waals surface area contributed by atoms with E-state index in [1.807, 2.05) is 22.6 Å². The third-order valence-corrected chi connectivity index (χ3v) is 5.44. The van der Waals surface area contributed by atoms with Gasteiger partial charge >= 0.3 is 0 Å². The molecule has 21 heavy (non-hydrogen) atoms. The van der Waals surface area contributed by atoms with Crippen molar-refractivity contribution in [2.75, 3.05) is 10.8 Å². The molecule has 0 atom stereocenters. The van der Waals surface area contributed by atoms with Crippen LogP contribution in [0.1, 0.15) is 0 Å². The number of para-hydroxylation sites is 1. The van der Waals surface area contributed by atoms with E-state index >= 15 is 0 Å². The van der Waals surface area contributed by atoms with Crippen molar-refractivity contribution in [1.82, 2.24) is 0 Å². The summed E-state index contributed by atoms with van der Waals surface area (Å²) < 4.78 is 27.2. The third-order valence-electron chi connectivity index (χ3n) is 2.75. The number of carbonyl (C=O) groups is 1. The molecule has 0 fully saturated rings. The molecule has 110 valence electrons. The number of amides is 1. The van der Waals surface area contributed by atoms with E-state index in [2.05, 4.69) is 0 Å². The summed E-state index contributed by atoms with van der Waals surface area (Å²) in [6.07, 6.45) is 0. The van der Waals surface area contributed by atoms with Crippen molar-refractivity contribution in [3.63, 3.8) is 0 Å². The number of benzene rings is 2. The fraction of sp³-hybridized carbons (Fsp3) is 0.0714. The number of nitrogens with zero attached hydrogens (tertiary/aromatic N) is 1. The van der Waals surface area contributed by atoms with Crippen molar-refractivity contribution in [2.24, 2.45) is 5.73 Å². The topological polar surface area (TPSA) is 80.5 Å². The fourth-order valence-electron chi connectivity index (χ4n) is 1.81. The zero-order chi connectivity index (χ0) is 15.5. The quantitative estimate of drug-likeness (QED) is 0.757. The molecule has 0 aromatic heterocycles. The molecule has 0 radical (unpaired) electrons. The minimum Gasteiger partial charge on any atom is -0.368 e. The molecule has 5 nitrogen and oxygen atoms in total. The minimum absolute atomic E-state index is 0.117. The Balaban J connectivity index is 2.56. The van der Waals surface area contributed by atoms with Gasteiger partial charge in [0.1, 0.15) is 6.54 Å². The number of hydrogen-bond acceptors (Lipinski definition) is 3. The highest BCUT2D eigenvalue weighted by atomic mass is 127. The predicted octanol–water partition coefficient (Wildman–Crippen LogP) is 1.97. The molecule has 0 unspecified atom stereocenters. The molecule has 0 spiro atoms. The first-order valence-corrected chi connectivity index (χ1v) is 8.55. The predicted molar refractivity (Wildman–Crippen MR) is 89.3 cm³/mol. The third kappa shape index (κ3) is 3.53. The van der Waals surface area contributed by atoms with E-state index in [0.717, 1.165) is 7.88 Å². The maximum atomic E-state index is 12.7. The van der Waals surface area contributed by atoms with Gasteiger partial charge in [0, 0.05) is 3.57 Å². The summed E-state index contributed by atoms with van der Waals surface area (Å²) in [5, 5.41) is 0. The minimum atomic E-state index is -3.84. The standard InChI is InChI=1S/C14H13IN2O3S/c15-12-8-4-5-9-13(12)17(10-14(16)18)21(19,20)11-6-2-1-3-7-11/h1-9H,10H2,(H2,16,18). The van der Waals surface area contributed by atoms with E-state index in [-0.39, 0.29) is 4.90 Å². The summed E-state index contributed by atoms with van der Waals surface area (Å²) >= 11 is 2.02.